The topological polar surface area (TPSA) is 19.7 Å². The Hall–Kier alpha value is -8.60. The van der Waals surface area contributed by atoms with Crippen molar-refractivity contribution in [2.45, 2.75) is 0 Å². The second-order valence-electron chi connectivity index (χ2n) is 16.9. The van der Waals surface area contributed by atoms with Crippen LogP contribution in [0.5, 0.6) is 0 Å². The van der Waals surface area contributed by atoms with Crippen LogP contribution < -0.4 is 0 Å². The van der Waals surface area contributed by atoms with Crippen molar-refractivity contribution in [1.82, 2.24) is 18.3 Å². The Morgan fingerprint density at radius 1 is 0.188 bits per heavy atom. The van der Waals surface area contributed by atoms with Gasteiger partial charge in [-0.05, 0) is 83.9 Å². The Balaban J connectivity index is 1.07. The smallest absolute Gasteiger partial charge is 0.0788 e. The minimum atomic E-state index is 1.13. The molecule has 0 aliphatic heterocycles. The fourth-order valence-corrected chi connectivity index (χ4v) is 10.8. The van der Waals surface area contributed by atoms with E-state index in [1.807, 2.05) is 0 Å². The number of para-hydroxylation sites is 6. The number of fused-ring (bicyclic) bond motifs is 14. The first-order valence-electron chi connectivity index (χ1n) is 22.0. The van der Waals surface area contributed by atoms with Crippen molar-refractivity contribution in [2.24, 2.45) is 0 Å². The number of hydrogen-bond acceptors (Lipinski definition) is 0. The van der Waals surface area contributed by atoms with Crippen LogP contribution in [-0.4, -0.2) is 18.3 Å². The lowest BCUT2D eigenvalue weighted by Gasteiger charge is -2.13. The van der Waals surface area contributed by atoms with E-state index in [1.54, 1.807) is 0 Å². The molecule has 0 aliphatic carbocycles. The summed E-state index contributed by atoms with van der Waals surface area (Å²) in [5, 5.41) is 9.90. The van der Waals surface area contributed by atoms with E-state index in [4.69, 9.17) is 0 Å². The fraction of sp³-hybridized carbons (Fsp3) is 0. The molecular formula is C60H38N4. The minimum Gasteiger partial charge on any atom is -0.307 e. The third-order valence-corrected chi connectivity index (χ3v) is 13.5. The van der Waals surface area contributed by atoms with E-state index in [9.17, 15) is 0 Å². The van der Waals surface area contributed by atoms with Crippen LogP contribution in [0.4, 0.5) is 0 Å². The highest BCUT2D eigenvalue weighted by atomic mass is 15.1. The van der Waals surface area contributed by atoms with Gasteiger partial charge in [0.25, 0.3) is 0 Å². The predicted octanol–water partition coefficient (Wildman–Crippen LogP) is 15.7. The second-order valence-corrected chi connectivity index (χ2v) is 16.9. The highest BCUT2D eigenvalue weighted by Gasteiger charge is 2.24. The van der Waals surface area contributed by atoms with Gasteiger partial charge in [0, 0.05) is 65.8 Å². The number of nitrogens with zero attached hydrogens (tertiary/aromatic N) is 4. The van der Waals surface area contributed by atoms with Gasteiger partial charge in [0.2, 0.25) is 0 Å². The van der Waals surface area contributed by atoms with Crippen molar-refractivity contribution < 1.29 is 0 Å². The van der Waals surface area contributed by atoms with E-state index in [-0.39, 0.29) is 0 Å². The summed E-state index contributed by atoms with van der Waals surface area (Å²) in [4.78, 5) is 0. The summed E-state index contributed by atoms with van der Waals surface area (Å²) in [6, 6.07) is 84.4. The summed E-state index contributed by atoms with van der Waals surface area (Å²) in [5.74, 6) is 0. The van der Waals surface area contributed by atoms with Crippen LogP contribution in [0.15, 0.2) is 231 Å². The van der Waals surface area contributed by atoms with Crippen molar-refractivity contribution in [2.75, 3.05) is 0 Å². The molecule has 4 heteroatoms. The van der Waals surface area contributed by atoms with Gasteiger partial charge in [-0.15, -0.1) is 0 Å². The van der Waals surface area contributed by atoms with Crippen molar-refractivity contribution in [3.8, 4) is 33.9 Å². The highest BCUT2D eigenvalue weighted by Crippen LogP contribution is 2.45. The number of aromatic nitrogens is 4. The molecule has 4 nitrogen and oxygen atoms in total. The molecule has 0 fully saturated rings. The minimum absolute atomic E-state index is 1.13. The van der Waals surface area contributed by atoms with Crippen molar-refractivity contribution in [1.29, 1.82) is 0 Å². The van der Waals surface area contributed by atoms with Gasteiger partial charge in [-0.1, -0.05) is 158 Å². The predicted molar refractivity (Wildman–Crippen MR) is 269 cm³/mol. The molecule has 64 heavy (non-hydrogen) atoms. The van der Waals surface area contributed by atoms with Gasteiger partial charge in [0.1, 0.15) is 0 Å². The van der Waals surface area contributed by atoms with Crippen molar-refractivity contribution in [3.05, 3.63) is 231 Å². The molecule has 0 saturated carbocycles. The third-order valence-electron chi connectivity index (χ3n) is 13.5. The van der Waals surface area contributed by atoms with E-state index in [1.165, 1.54) is 98.4 Å². The zero-order valence-electron chi connectivity index (χ0n) is 34.7. The van der Waals surface area contributed by atoms with E-state index in [2.05, 4.69) is 249 Å². The lowest BCUT2D eigenvalue weighted by molar-refractivity contribution is 1.15. The molecule has 0 bridgehead atoms. The molecule has 0 saturated heterocycles. The molecule has 14 aromatic rings. The zero-order valence-corrected chi connectivity index (χ0v) is 34.7. The number of hydrogen-bond donors (Lipinski definition) is 0. The Morgan fingerprint density at radius 2 is 0.438 bits per heavy atom. The molecule has 0 N–H and O–H groups in total. The first-order chi connectivity index (χ1) is 31.8. The van der Waals surface area contributed by atoms with Gasteiger partial charge >= 0.3 is 0 Å². The summed E-state index contributed by atoms with van der Waals surface area (Å²) in [5.41, 5.74) is 16.5. The first kappa shape index (κ1) is 35.0. The molecule has 0 unspecified atom stereocenters. The van der Waals surface area contributed by atoms with Crippen LogP contribution in [0.25, 0.3) is 121 Å². The summed E-state index contributed by atoms with van der Waals surface area (Å²) in [6.45, 7) is 0. The molecule has 298 valence electrons. The fourth-order valence-electron chi connectivity index (χ4n) is 10.8. The maximum absolute atomic E-state index is 2.49. The summed E-state index contributed by atoms with van der Waals surface area (Å²) in [7, 11) is 0. The lowest BCUT2D eigenvalue weighted by atomic mass is 10.0. The average Bonchev–Trinajstić information content (AvgIpc) is 4.09. The van der Waals surface area contributed by atoms with Gasteiger partial charge in [-0.3, -0.25) is 0 Å². The quantitative estimate of drug-likeness (QED) is 0.165. The average molecular weight is 815 g/mol. The Morgan fingerprint density at radius 3 is 0.766 bits per heavy atom. The summed E-state index contributed by atoms with van der Waals surface area (Å²) < 4.78 is 9.90. The van der Waals surface area contributed by atoms with Crippen LogP contribution in [0.3, 0.4) is 0 Å². The largest absolute Gasteiger partial charge is 0.307 e. The number of rotatable bonds is 5. The number of benzene rings is 10. The third kappa shape index (κ3) is 4.88. The Bertz CT molecular complexity index is 3880. The monoisotopic (exact) mass is 814 g/mol. The van der Waals surface area contributed by atoms with Crippen LogP contribution in [0.1, 0.15) is 0 Å². The van der Waals surface area contributed by atoms with E-state index >= 15 is 0 Å². The van der Waals surface area contributed by atoms with Crippen LogP contribution in [-0.2, 0) is 0 Å². The Labute approximate surface area is 368 Å². The standard InChI is InChI=1S/C60H38N4/c1-5-17-41(18-6-1)61-53-27-15-13-25-45(53)49-33-35-51-47-31-29-39(37-55(47)63(59(51)57(49)61)43-21-9-3-10-22-43)40-30-32-48-52-36-34-50-46-26-14-16-28-54(46)62(42-19-7-2-8-20-42)58(50)60(52)64(56(48)38-40)44-23-11-4-12-24-44/h1-38H. The molecule has 0 radical (unpaired) electrons. The van der Waals surface area contributed by atoms with Crippen LogP contribution in [0, 0.1) is 0 Å². The maximum Gasteiger partial charge on any atom is 0.0788 e. The van der Waals surface area contributed by atoms with E-state index < -0.39 is 0 Å². The molecule has 0 aliphatic rings. The molecule has 14 rings (SSSR count). The molecular weight excluding hydrogens is 777 g/mol. The van der Waals surface area contributed by atoms with Gasteiger partial charge in [0.15, 0.2) is 0 Å². The molecule has 0 spiro atoms. The summed E-state index contributed by atoms with van der Waals surface area (Å²) in [6.07, 6.45) is 0. The van der Waals surface area contributed by atoms with Gasteiger partial charge in [-0.25, -0.2) is 0 Å². The van der Waals surface area contributed by atoms with Crippen LogP contribution in [0.2, 0.25) is 0 Å². The second kappa shape index (κ2) is 13.4. The van der Waals surface area contributed by atoms with Crippen LogP contribution >= 0.6 is 0 Å². The van der Waals surface area contributed by atoms with Crippen molar-refractivity contribution in [3.63, 3.8) is 0 Å². The van der Waals surface area contributed by atoms with Gasteiger partial charge in [-0.2, -0.15) is 0 Å². The van der Waals surface area contributed by atoms with Crippen molar-refractivity contribution >= 4 is 87.2 Å². The van der Waals surface area contributed by atoms with E-state index in [0.29, 0.717) is 0 Å². The maximum atomic E-state index is 2.49. The molecule has 0 amide bonds. The van der Waals surface area contributed by atoms with Gasteiger partial charge < -0.3 is 18.3 Å². The van der Waals surface area contributed by atoms with E-state index in [0.717, 1.165) is 22.7 Å². The molecule has 0 atom stereocenters. The normalized spacial score (nSPS) is 12.1. The lowest BCUT2D eigenvalue weighted by Crippen LogP contribution is -1.98. The molecule has 4 aromatic heterocycles. The zero-order chi connectivity index (χ0) is 41.9. The highest BCUT2D eigenvalue weighted by molar-refractivity contribution is 6.25. The van der Waals surface area contributed by atoms with Gasteiger partial charge in [0.05, 0.1) is 44.1 Å². The SMILES string of the molecule is c1ccc(-n2c3ccccc3c3ccc4c5ccc(-c6ccc7c8ccc9c%10ccccc%10n(-c%10ccccc%10)c9c8n(-c8ccccc8)c7c6)cc5n(-c5ccccc5)c4c32)cc1. The molecule has 10 aromatic carbocycles. The Kier molecular flexibility index (Phi) is 7.36. The first-order valence-corrected chi connectivity index (χ1v) is 22.0. The molecule has 4 heterocycles. The summed E-state index contributed by atoms with van der Waals surface area (Å²) >= 11 is 0.